The fraction of sp³-hybridized carbons (Fsp3) is 1.00. The number of nitrogens with zero attached hydrogens (tertiary/aromatic N) is 1. The van der Waals surface area contributed by atoms with Crippen LogP contribution >= 0.6 is 0 Å². The molecule has 17 heavy (non-hydrogen) atoms. The first-order valence-corrected chi connectivity index (χ1v) is 6.83. The highest BCUT2D eigenvalue weighted by Gasteiger charge is 2.51. The van der Waals surface area contributed by atoms with E-state index in [1.54, 1.807) is 0 Å². The van der Waals surface area contributed by atoms with Crippen LogP contribution in [0.15, 0.2) is 0 Å². The second-order valence-electron chi connectivity index (χ2n) is 5.51. The highest BCUT2D eigenvalue weighted by Crippen LogP contribution is 2.38. The Labute approximate surface area is 103 Å². The van der Waals surface area contributed by atoms with Crippen LogP contribution in [0.25, 0.3) is 0 Å². The number of likely N-dealkylation sites (tertiary alicyclic amines) is 1. The molecule has 1 spiro atoms. The Hall–Kier alpha value is -0.160. The van der Waals surface area contributed by atoms with Crippen molar-refractivity contribution in [2.45, 2.75) is 43.4 Å². The van der Waals surface area contributed by atoms with Gasteiger partial charge in [0.2, 0.25) is 0 Å². The van der Waals surface area contributed by atoms with Crippen LogP contribution in [0.3, 0.4) is 0 Å². The second kappa shape index (κ2) is 4.84. The number of hydrogen-bond donors (Lipinski definition) is 0. The Morgan fingerprint density at radius 2 is 2.06 bits per heavy atom. The molecule has 3 aliphatic rings. The summed E-state index contributed by atoms with van der Waals surface area (Å²) in [6, 6.07) is 0.671. The van der Waals surface area contributed by atoms with Gasteiger partial charge in [0.25, 0.3) is 0 Å². The molecule has 3 rings (SSSR count). The molecule has 0 aromatic rings. The van der Waals surface area contributed by atoms with Gasteiger partial charge in [0, 0.05) is 46.1 Å². The molecule has 0 bridgehead atoms. The average Bonchev–Trinajstić information content (AvgIpc) is 2.99. The summed E-state index contributed by atoms with van der Waals surface area (Å²) in [5.74, 6) is 0. The van der Waals surface area contributed by atoms with Gasteiger partial charge in [-0.2, -0.15) is 0 Å². The zero-order valence-corrected chi connectivity index (χ0v) is 10.7. The predicted octanol–water partition coefficient (Wildman–Crippen LogP) is 1.05. The van der Waals surface area contributed by atoms with Gasteiger partial charge in [-0.15, -0.1) is 0 Å². The molecule has 3 fully saturated rings. The molecular formula is C13H23NO3. The Bertz CT molecular complexity index is 259. The largest absolute Gasteiger partial charge is 0.381 e. The normalized spacial score (nSPS) is 40.4. The quantitative estimate of drug-likeness (QED) is 0.723. The Kier molecular flexibility index (Phi) is 3.39. The first-order chi connectivity index (χ1) is 8.34. The lowest BCUT2D eigenvalue weighted by molar-refractivity contribution is -0.0761. The van der Waals surface area contributed by atoms with Gasteiger partial charge in [0.05, 0.1) is 6.10 Å². The van der Waals surface area contributed by atoms with Crippen molar-refractivity contribution in [2.24, 2.45) is 0 Å². The second-order valence-corrected chi connectivity index (χ2v) is 5.51. The first kappa shape index (κ1) is 11.9. The van der Waals surface area contributed by atoms with Crippen LogP contribution in [0.5, 0.6) is 0 Å². The Morgan fingerprint density at radius 1 is 1.24 bits per heavy atom. The summed E-state index contributed by atoms with van der Waals surface area (Å²) in [5.41, 5.74) is -0.00689. The van der Waals surface area contributed by atoms with E-state index in [-0.39, 0.29) is 11.7 Å². The average molecular weight is 241 g/mol. The van der Waals surface area contributed by atoms with Gasteiger partial charge in [-0.1, -0.05) is 0 Å². The summed E-state index contributed by atoms with van der Waals surface area (Å²) in [5, 5.41) is 0. The van der Waals surface area contributed by atoms with Crippen LogP contribution in [0, 0.1) is 0 Å². The lowest BCUT2D eigenvalue weighted by Crippen LogP contribution is -2.43. The zero-order chi connectivity index (χ0) is 11.7. The van der Waals surface area contributed by atoms with E-state index < -0.39 is 0 Å². The van der Waals surface area contributed by atoms with Crippen molar-refractivity contribution >= 4 is 0 Å². The third-order valence-corrected chi connectivity index (χ3v) is 4.58. The molecule has 0 aromatic carbocycles. The van der Waals surface area contributed by atoms with E-state index in [1.807, 2.05) is 7.11 Å². The summed E-state index contributed by atoms with van der Waals surface area (Å²) in [4.78, 5) is 2.57. The molecule has 0 N–H and O–H groups in total. The Morgan fingerprint density at radius 3 is 2.71 bits per heavy atom. The van der Waals surface area contributed by atoms with E-state index in [1.165, 1.54) is 6.42 Å². The van der Waals surface area contributed by atoms with Crippen molar-refractivity contribution < 1.29 is 14.2 Å². The molecule has 3 saturated heterocycles. The smallest absolute Gasteiger partial charge is 0.108 e. The monoisotopic (exact) mass is 241 g/mol. The maximum atomic E-state index is 6.03. The van der Waals surface area contributed by atoms with Crippen molar-refractivity contribution in [3.05, 3.63) is 0 Å². The lowest BCUT2D eigenvalue weighted by Gasteiger charge is -2.32. The van der Waals surface area contributed by atoms with Gasteiger partial charge < -0.3 is 14.2 Å². The molecule has 4 heteroatoms. The van der Waals surface area contributed by atoms with Crippen LogP contribution in [-0.4, -0.2) is 62.7 Å². The minimum Gasteiger partial charge on any atom is -0.381 e. The number of rotatable bonds is 2. The van der Waals surface area contributed by atoms with Crippen molar-refractivity contribution in [1.29, 1.82) is 0 Å². The molecule has 0 saturated carbocycles. The fourth-order valence-corrected chi connectivity index (χ4v) is 3.60. The summed E-state index contributed by atoms with van der Waals surface area (Å²) in [6.45, 7) is 4.80. The van der Waals surface area contributed by atoms with Crippen LogP contribution in [0.4, 0.5) is 0 Å². The summed E-state index contributed by atoms with van der Waals surface area (Å²) < 4.78 is 17.1. The van der Waals surface area contributed by atoms with E-state index in [4.69, 9.17) is 14.2 Å². The maximum Gasteiger partial charge on any atom is 0.108 e. The molecule has 3 heterocycles. The Balaban J connectivity index is 1.68. The molecule has 98 valence electrons. The van der Waals surface area contributed by atoms with Gasteiger partial charge in [0.15, 0.2) is 0 Å². The van der Waals surface area contributed by atoms with Crippen molar-refractivity contribution in [1.82, 2.24) is 4.90 Å². The standard InChI is InChI=1S/C13H23NO3/c1-15-12-9-14(11-3-7-16-8-4-11)10-13(12)5-2-6-17-13/h11-12H,2-10H2,1H3/t12-,13-/m0/s1. The minimum atomic E-state index is -0.00689. The third-order valence-electron chi connectivity index (χ3n) is 4.58. The first-order valence-electron chi connectivity index (χ1n) is 6.83. The third kappa shape index (κ3) is 2.12. The van der Waals surface area contributed by atoms with Gasteiger partial charge in [-0.3, -0.25) is 4.90 Å². The van der Waals surface area contributed by atoms with E-state index in [2.05, 4.69) is 4.90 Å². The topological polar surface area (TPSA) is 30.9 Å². The van der Waals surface area contributed by atoms with Crippen molar-refractivity contribution in [3.8, 4) is 0 Å². The van der Waals surface area contributed by atoms with Crippen LogP contribution < -0.4 is 0 Å². The van der Waals surface area contributed by atoms with E-state index in [0.717, 1.165) is 52.2 Å². The van der Waals surface area contributed by atoms with Crippen molar-refractivity contribution in [3.63, 3.8) is 0 Å². The van der Waals surface area contributed by atoms with E-state index in [0.29, 0.717) is 6.04 Å². The van der Waals surface area contributed by atoms with Gasteiger partial charge >= 0.3 is 0 Å². The van der Waals surface area contributed by atoms with Gasteiger partial charge in [-0.05, 0) is 25.7 Å². The molecule has 0 radical (unpaired) electrons. The molecule has 2 atom stereocenters. The van der Waals surface area contributed by atoms with Gasteiger partial charge in [0.1, 0.15) is 5.60 Å². The molecule has 0 aromatic heterocycles. The van der Waals surface area contributed by atoms with Gasteiger partial charge in [-0.25, -0.2) is 0 Å². The maximum absolute atomic E-state index is 6.03. The van der Waals surface area contributed by atoms with Crippen LogP contribution in [0.2, 0.25) is 0 Å². The lowest BCUT2D eigenvalue weighted by atomic mass is 9.96. The van der Waals surface area contributed by atoms with Crippen LogP contribution in [0.1, 0.15) is 25.7 Å². The van der Waals surface area contributed by atoms with E-state index in [9.17, 15) is 0 Å². The highest BCUT2D eigenvalue weighted by atomic mass is 16.6. The van der Waals surface area contributed by atoms with E-state index >= 15 is 0 Å². The zero-order valence-electron chi connectivity index (χ0n) is 10.7. The summed E-state index contributed by atoms with van der Waals surface area (Å²) in [7, 11) is 1.82. The van der Waals surface area contributed by atoms with Crippen molar-refractivity contribution in [2.75, 3.05) is 40.0 Å². The summed E-state index contributed by atoms with van der Waals surface area (Å²) in [6.07, 6.45) is 4.92. The molecule has 0 amide bonds. The predicted molar refractivity (Wildman–Crippen MR) is 64.1 cm³/mol. The molecule has 0 aliphatic carbocycles. The summed E-state index contributed by atoms with van der Waals surface area (Å²) >= 11 is 0. The SMILES string of the molecule is CO[C@H]1CN(C2CCOCC2)C[C@@]12CCCO2. The highest BCUT2D eigenvalue weighted by molar-refractivity contribution is 5.03. The number of methoxy groups -OCH3 is 1. The minimum absolute atomic E-state index is 0.00689. The molecule has 0 unspecified atom stereocenters. The number of hydrogen-bond acceptors (Lipinski definition) is 4. The fourth-order valence-electron chi connectivity index (χ4n) is 3.60. The van der Waals surface area contributed by atoms with Crippen LogP contribution in [-0.2, 0) is 14.2 Å². The molecule has 3 aliphatic heterocycles. The molecular weight excluding hydrogens is 218 g/mol. The number of ether oxygens (including phenoxy) is 3. The molecule has 4 nitrogen and oxygen atoms in total.